The van der Waals surface area contributed by atoms with Crippen molar-refractivity contribution in [2.24, 2.45) is 11.7 Å². The van der Waals surface area contributed by atoms with Gasteiger partial charge >= 0.3 is 6.18 Å². The molecule has 1 aromatic rings. The van der Waals surface area contributed by atoms with Gasteiger partial charge in [0, 0.05) is 23.5 Å². The second-order valence-corrected chi connectivity index (χ2v) is 5.78. The van der Waals surface area contributed by atoms with Gasteiger partial charge in [0.05, 0.1) is 10.9 Å². The molecular weight excluding hydrogens is 249 g/mol. The van der Waals surface area contributed by atoms with Gasteiger partial charge in [-0.3, -0.25) is 0 Å². The molecule has 0 saturated heterocycles. The highest BCUT2D eigenvalue weighted by Gasteiger charge is 2.46. The molecule has 0 spiro atoms. The minimum Gasteiger partial charge on any atom is -0.325 e. The number of halogens is 3. The van der Waals surface area contributed by atoms with E-state index in [0.29, 0.717) is 19.3 Å². The standard InChI is InChI=1S/C11H15F3N2S/c12-11(13,14)8-2-1-3-10(15,6-8)7-9-16-4-5-17-9/h4-5,8H,1-3,6-7,15H2. The van der Waals surface area contributed by atoms with Crippen LogP contribution < -0.4 is 5.73 Å². The Kier molecular flexibility index (Phi) is 3.45. The van der Waals surface area contributed by atoms with E-state index in [0.717, 1.165) is 5.01 Å². The number of alkyl halides is 3. The molecule has 0 aliphatic heterocycles. The quantitative estimate of drug-likeness (QED) is 0.891. The number of aromatic nitrogens is 1. The highest BCUT2D eigenvalue weighted by Crippen LogP contribution is 2.41. The first-order chi connectivity index (χ1) is 7.89. The number of rotatable bonds is 2. The molecule has 1 aliphatic rings. The fourth-order valence-electron chi connectivity index (χ4n) is 2.48. The third kappa shape index (κ3) is 3.19. The summed E-state index contributed by atoms with van der Waals surface area (Å²) in [5.74, 6) is -1.25. The number of nitrogens with zero attached hydrogens (tertiary/aromatic N) is 1. The minimum absolute atomic E-state index is 0.0239. The zero-order valence-electron chi connectivity index (χ0n) is 9.33. The Labute approximate surface area is 102 Å². The van der Waals surface area contributed by atoms with Crippen LogP contribution in [0.1, 0.15) is 30.7 Å². The number of hydrogen-bond donors (Lipinski definition) is 1. The molecule has 1 saturated carbocycles. The van der Waals surface area contributed by atoms with E-state index in [1.165, 1.54) is 11.3 Å². The molecule has 0 aromatic carbocycles. The summed E-state index contributed by atoms with van der Waals surface area (Å²) in [6.07, 6.45) is -0.569. The van der Waals surface area contributed by atoms with Crippen molar-refractivity contribution in [3.63, 3.8) is 0 Å². The van der Waals surface area contributed by atoms with E-state index in [1.54, 1.807) is 6.20 Å². The summed E-state index contributed by atoms with van der Waals surface area (Å²) < 4.78 is 38.1. The SMILES string of the molecule is NC1(Cc2nccs2)CCCC(C(F)(F)F)C1. The lowest BCUT2D eigenvalue weighted by molar-refractivity contribution is -0.187. The Bertz CT molecular complexity index is 363. The maximum absolute atomic E-state index is 12.7. The van der Waals surface area contributed by atoms with Crippen molar-refractivity contribution in [3.8, 4) is 0 Å². The maximum atomic E-state index is 12.7. The van der Waals surface area contributed by atoms with Gasteiger partial charge in [0.1, 0.15) is 0 Å². The average Bonchev–Trinajstić information content (AvgIpc) is 2.68. The predicted octanol–water partition coefficient (Wildman–Crippen LogP) is 3.14. The highest BCUT2D eigenvalue weighted by molar-refractivity contribution is 7.09. The summed E-state index contributed by atoms with van der Waals surface area (Å²) in [7, 11) is 0. The fourth-order valence-corrected chi connectivity index (χ4v) is 3.25. The van der Waals surface area contributed by atoms with Crippen LogP contribution in [0.15, 0.2) is 11.6 Å². The predicted molar refractivity (Wildman–Crippen MR) is 60.7 cm³/mol. The Hall–Kier alpha value is -0.620. The Balaban J connectivity index is 2.05. The Morgan fingerprint density at radius 1 is 1.53 bits per heavy atom. The molecule has 96 valence electrons. The van der Waals surface area contributed by atoms with Crippen LogP contribution in [-0.4, -0.2) is 16.7 Å². The number of thiazole rings is 1. The molecule has 2 nitrogen and oxygen atoms in total. The lowest BCUT2D eigenvalue weighted by Gasteiger charge is -2.38. The van der Waals surface area contributed by atoms with Gasteiger partial charge in [-0.25, -0.2) is 4.98 Å². The molecule has 17 heavy (non-hydrogen) atoms. The molecular formula is C11H15F3N2S. The monoisotopic (exact) mass is 264 g/mol. The summed E-state index contributed by atoms with van der Waals surface area (Å²) in [6, 6.07) is 0. The molecule has 2 atom stereocenters. The van der Waals surface area contributed by atoms with Crippen molar-refractivity contribution in [1.82, 2.24) is 4.98 Å². The van der Waals surface area contributed by atoms with Crippen LogP contribution in [0.5, 0.6) is 0 Å². The van der Waals surface area contributed by atoms with Crippen LogP contribution >= 0.6 is 11.3 Å². The van der Waals surface area contributed by atoms with Crippen molar-refractivity contribution >= 4 is 11.3 Å². The van der Waals surface area contributed by atoms with Gasteiger partial charge in [-0.2, -0.15) is 13.2 Å². The van der Waals surface area contributed by atoms with E-state index in [9.17, 15) is 13.2 Å². The van der Waals surface area contributed by atoms with Crippen LogP contribution in [0.3, 0.4) is 0 Å². The van der Waals surface area contributed by atoms with Crippen LogP contribution in [-0.2, 0) is 6.42 Å². The number of hydrogen-bond acceptors (Lipinski definition) is 3. The summed E-state index contributed by atoms with van der Waals surface area (Å²) in [5, 5.41) is 2.65. The zero-order valence-corrected chi connectivity index (χ0v) is 10.2. The summed E-state index contributed by atoms with van der Waals surface area (Å²) in [5.41, 5.74) is 5.36. The van der Waals surface area contributed by atoms with Crippen LogP contribution in [0.25, 0.3) is 0 Å². The lowest BCUT2D eigenvalue weighted by atomic mass is 9.74. The maximum Gasteiger partial charge on any atom is 0.391 e. The molecule has 0 amide bonds. The molecule has 0 bridgehead atoms. The Morgan fingerprint density at radius 2 is 2.29 bits per heavy atom. The fraction of sp³-hybridized carbons (Fsp3) is 0.727. The molecule has 0 radical (unpaired) electrons. The minimum atomic E-state index is -4.12. The van der Waals surface area contributed by atoms with Crippen molar-refractivity contribution in [1.29, 1.82) is 0 Å². The first kappa shape index (κ1) is 12.8. The van der Waals surface area contributed by atoms with Gasteiger partial charge < -0.3 is 5.73 Å². The van der Waals surface area contributed by atoms with Crippen molar-refractivity contribution in [2.75, 3.05) is 0 Å². The second-order valence-electron chi connectivity index (χ2n) is 4.80. The van der Waals surface area contributed by atoms with Gasteiger partial charge in [-0.15, -0.1) is 11.3 Å². The molecule has 1 fully saturated rings. The van der Waals surface area contributed by atoms with E-state index in [-0.39, 0.29) is 12.8 Å². The van der Waals surface area contributed by atoms with Gasteiger partial charge in [0.15, 0.2) is 0 Å². The first-order valence-electron chi connectivity index (χ1n) is 5.63. The molecule has 1 aliphatic carbocycles. The summed E-state index contributed by atoms with van der Waals surface area (Å²) in [4.78, 5) is 4.10. The molecule has 2 rings (SSSR count). The largest absolute Gasteiger partial charge is 0.391 e. The topological polar surface area (TPSA) is 38.9 Å². The second kappa shape index (κ2) is 4.57. The smallest absolute Gasteiger partial charge is 0.325 e. The van der Waals surface area contributed by atoms with Crippen molar-refractivity contribution in [3.05, 3.63) is 16.6 Å². The summed E-state index contributed by atoms with van der Waals surface area (Å²) in [6.45, 7) is 0. The molecule has 2 N–H and O–H groups in total. The van der Waals surface area contributed by atoms with Crippen molar-refractivity contribution in [2.45, 2.75) is 43.8 Å². The van der Waals surface area contributed by atoms with E-state index in [1.807, 2.05) is 5.38 Å². The van der Waals surface area contributed by atoms with Crippen molar-refractivity contribution < 1.29 is 13.2 Å². The molecule has 6 heteroatoms. The number of nitrogens with two attached hydrogens (primary N) is 1. The van der Waals surface area contributed by atoms with Crippen LogP contribution in [0, 0.1) is 5.92 Å². The summed E-state index contributed by atoms with van der Waals surface area (Å²) >= 11 is 1.45. The van der Waals surface area contributed by atoms with Gasteiger partial charge in [-0.05, 0) is 19.3 Å². The van der Waals surface area contributed by atoms with E-state index in [4.69, 9.17) is 5.73 Å². The normalized spacial score (nSPS) is 30.5. The highest BCUT2D eigenvalue weighted by atomic mass is 32.1. The average molecular weight is 264 g/mol. The van der Waals surface area contributed by atoms with Crippen LogP contribution in [0.2, 0.25) is 0 Å². The lowest BCUT2D eigenvalue weighted by Crippen LogP contribution is -2.48. The van der Waals surface area contributed by atoms with Crippen LogP contribution in [0.4, 0.5) is 13.2 Å². The molecule has 1 heterocycles. The van der Waals surface area contributed by atoms with Gasteiger partial charge in [0.25, 0.3) is 0 Å². The van der Waals surface area contributed by atoms with E-state index < -0.39 is 17.6 Å². The first-order valence-corrected chi connectivity index (χ1v) is 6.51. The molecule has 2 unspecified atom stereocenters. The third-order valence-corrected chi connectivity index (χ3v) is 4.11. The Morgan fingerprint density at radius 3 is 2.88 bits per heavy atom. The molecule has 1 aromatic heterocycles. The van der Waals surface area contributed by atoms with Gasteiger partial charge in [-0.1, -0.05) is 6.42 Å². The zero-order chi connectivity index (χ0) is 12.5. The van der Waals surface area contributed by atoms with E-state index >= 15 is 0 Å². The third-order valence-electron chi connectivity index (χ3n) is 3.33. The van der Waals surface area contributed by atoms with E-state index in [2.05, 4.69) is 4.98 Å². The van der Waals surface area contributed by atoms with Gasteiger partial charge in [0.2, 0.25) is 0 Å².